The Morgan fingerprint density at radius 2 is 2.07 bits per heavy atom. The molecular formula is C21H22N4O2. The van der Waals surface area contributed by atoms with Gasteiger partial charge < -0.3 is 20.4 Å². The van der Waals surface area contributed by atoms with Crippen molar-refractivity contribution in [1.29, 1.82) is 0 Å². The number of aryl methyl sites for hydroxylation is 2. The van der Waals surface area contributed by atoms with Gasteiger partial charge >= 0.3 is 0 Å². The number of amides is 1. The van der Waals surface area contributed by atoms with Gasteiger partial charge in [0.1, 0.15) is 5.75 Å². The molecule has 27 heavy (non-hydrogen) atoms. The van der Waals surface area contributed by atoms with Gasteiger partial charge in [-0.05, 0) is 48.2 Å². The largest absolute Gasteiger partial charge is 0.484 e. The van der Waals surface area contributed by atoms with Gasteiger partial charge in [0.05, 0.1) is 5.52 Å². The summed E-state index contributed by atoms with van der Waals surface area (Å²) in [5.41, 5.74) is 8.94. The van der Waals surface area contributed by atoms with Crippen LogP contribution in [0.4, 0.5) is 0 Å². The van der Waals surface area contributed by atoms with Crippen LogP contribution in [0.3, 0.4) is 0 Å². The minimum atomic E-state index is -0.175. The average molecular weight is 362 g/mol. The fraction of sp³-hybridized carbons (Fsp3) is 0.238. The first-order chi connectivity index (χ1) is 13.1. The maximum absolute atomic E-state index is 11.7. The lowest BCUT2D eigenvalue weighted by atomic mass is 10.0. The molecular weight excluding hydrogens is 340 g/mol. The molecule has 138 valence electrons. The third-order valence-electron chi connectivity index (χ3n) is 4.96. The minimum Gasteiger partial charge on any atom is -0.484 e. The van der Waals surface area contributed by atoms with Crippen molar-refractivity contribution in [2.24, 2.45) is 12.8 Å². The fourth-order valence-electron chi connectivity index (χ4n) is 3.70. The molecule has 0 bridgehead atoms. The Kier molecular flexibility index (Phi) is 4.41. The molecule has 0 aliphatic heterocycles. The van der Waals surface area contributed by atoms with E-state index in [9.17, 15) is 4.79 Å². The monoisotopic (exact) mass is 362 g/mol. The molecule has 4 rings (SSSR count). The van der Waals surface area contributed by atoms with Gasteiger partial charge in [-0.25, -0.2) is 0 Å². The van der Waals surface area contributed by atoms with E-state index in [1.807, 2.05) is 30.6 Å². The van der Waals surface area contributed by atoms with Gasteiger partial charge in [0.15, 0.2) is 6.61 Å². The number of carbonyl (C=O) groups excluding carboxylic acids is 1. The van der Waals surface area contributed by atoms with Gasteiger partial charge in [-0.1, -0.05) is 0 Å². The second-order valence-electron chi connectivity index (χ2n) is 6.66. The number of benzene rings is 2. The molecule has 0 atom stereocenters. The number of aromatic nitrogens is 2. The van der Waals surface area contributed by atoms with Crippen molar-refractivity contribution in [1.82, 2.24) is 14.9 Å². The lowest BCUT2D eigenvalue weighted by Gasteiger charge is -2.07. The van der Waals surface area contributed by atoms with Gasteiger partial charge in [0, 0.05) is 54.2 Å². The molecule has 2 aromatic carbocycles. The second-order valence-corrected chi connectivity index (χ2v) is 6.66. The Balaban J connectivity index is 1.79. The summed E-state index contributed by atoms with van der Waals surface area (Å²) in [5.74, 6) is 0.494. The normalized spacial score (nSPS) is 11.4. The zero-order valence-electron chi connectivity index (χ0n) is 15.5. The maximum Gasteiger partial charge on any atom is 0.257 e. The van der Waals surface area contributed by atoms with E-state index in [0.29, 0.717) is 18.8 Å². The molecule has 2 heterocycles. The number of carbonyl (C=O) groups is 1. The molecule has 4 aromatic rings. The Hall–Kier alpha value is -3.12. The number of nitrogens with zero attached hydrogens (tertiary/aromatic N) is 2. The molecule has 0 aliphatic rings. The van der Waals surface area contributed by atoms with Crippen LogP contribution in [0, 0.1) is 6.92 Å². The summed E-state index contributed by atoms with van der Waals surface area (Å²) < 4.78 is 7.88. The Morgan fingerprint density at radius 3 is 2.89 bits per heavy atom. The van der Waals surface area contributed by atoms with Gasteiger partial charge in [0.2, 0.25) is 0 Å². The first kappa shape index (κ1) is 17.3. The molecule has 0 aliphatic carbocycles. The zero-order valence-corrected chi connectivity index (χ0v) is 15.5. The summed E-state index contributed by atoms with van der Waals surface area (Å²) in [6.45, 7) is 2.98. The second kappa shape index (κ2) is 6.89. The molecule has 0 saturated heterocycles. The highest BCUT2D eigenvalue weighted by atomic mass is 16.5. The highest BCUT2D eigenvalue weighted by Gasteiger charge is 2.14. The molecule has 0 radical (unpaired) electrons. The summed E-state index contributed by atoms with van der Waals surface area (Å²) in [6, 6.07) is 10.1. The number of hydrogen-bond donors (Lipinski definition) is 2. The topological polar surface area (TPSA) is 82.2 Å². The van der Waals surface area contributed by atoms with Crippen LogP contribution in [0.5, 0.6) is 5.75 Å². The van der Waals surface area contributed by atoms with Crippen molar-refractivity contribution in [2.75, 3.05) is 19.7 Å². The molecule has 0 unspecified atom stereocenters. The van der Waals surface area contributed by atoms with Crippen LogP contribution in [0.25, 0.3) is 32.6 Å². The lowest BCUT2D eigenvalue weighted by molar-refractivity contribution is -0.123. The highest BCUT2D eigenvalue weighted by molar-refractivity contribution is 6.14. The predicted octanol–water partition coefficient (Wildman–Crippen LogP) is 2.64. The van der Waals surface area contributed by atoms with Crippen LogP contribution in [0.2, 0.25) is 0 Å². The van der Waals surface area contributed by atoms with Crippen molar-refractivity contribution in [3.05, 3.63) is 48.3 Å². The molecule has 0 spiro atoms. The number of nitrogens with one attached hydrogen (secondary N) is 1. The fourth-order valence-corrected chi connectivity index (χ4v) is 3.70. The Labute approximate surface area is 156 Å². The molecule has 1 amide bonds. The molecule has 0 saturated carbocycles. The van der Waals surface area contributed by atoms with Gasteiger partial charge in [-0.2, -0.15) is 0 Å². The number of fused-ring (bicyclic) bond motifs is 4. The predicted molar refractivity (Wildman–Crippen MR) is 108 cm³/mol. The van der Waals surface area contributed by atoms with E-state index in [0.717, 1.165) is 21.7 Å². The molecule has 2 aromatic heterocycles. The van der Waals surface area contributed by atoms with E-state index < -0.39 is 0 Å². The lowest BCUT2D eigenvalue weighted by Crippen LogP contribution is -2.32. The number of rotatable bonds is 5. The van der Waals surface area contributed by atoms with Gasteiger partial charge in [0.25, 0.3) is 5.91 Å². The van der Waals surface area contributed by atoms with Crippen molar-refractivity contribution in [2.45, 2.75) is 6.92 Å². The number of ether oxygens (including phenoxy) is 1. The Bertz CT molecular complexity index is 1160. The molecule has 6 heteroatoms. The molecule has 0 fully saturated rings. The summed E-state index contributed by atoms with van der Waals surface area (Å²) in [6.07, 6.45) is 3.72. The summed E-state index contributed by atoms with van der Waals surface area (Å²) in [7, 11) is 2.07. The first-order valence-corrected chi connectivity index (χ1v) is 8.95. The zero-order chi connectivity index (χ0) is 19.0. The molecule has 3 N–H and O–H groups in total. The quantitative estimate of drug-likeness (QED) is 0.572. The van der Waals surface area contributed by atoms with Crippen LogP contribution in [-0.4, -0.2) is 35.2 Å². The van der Waals surface area contributed by atoms with Gasteiger partial charge in [-0.15, -0.1) is 0 Å². The van der Waals surface area contributed by atoms with Crippen LogP contribution >= 0.6 is 0 Å². The third kappa shape index (κ3) is 2.98. The summed E-state index contributed by atoms with van der Waals surface area (Å²) in [4.78, 5) is 16.0. The van der Waals surface area contributed by atoms with Crippen LogP contribution in [0.15, 0.2) is 42.7 Å². The highest BCUT2D eigenvalue weighted by Crippen LogP contribution is 2.36. The van der Waals surface area contributed by atoms with Crippen LogP contribution < -0.4 is 15.8 Å². The van der Waals surface area contributed by atoms with E-state index >= 15 is 0 Å². The van der Waals surface area contributed by atoms with Gasteiger partial charge in [-0.3, -0.25) is 9.78 Å². The van der Waals surface area contributed by atoms with E-state index in [4.69, 9.17) is 10.5 Å². The number of pyridine rings is 1. The Morgan fingerprint density at radius 1 is 1.22 bits per heavy atom. The third-order valence-corrected chi connectivity index (χ3v) is 4.96. The van der Waals surface area contributed by atoms with E-state index in [-0.39, 0.29) is 12.5 Å². The smallest absolute Gasteiger partial charge is 0.257 e. The summed E-state index contributed by atoms with van der Waals surface area (Å²) >= 11 is 0. The van der Waals surface area contributed by atoms with Crippen molar-refractivity contribution < 1.29 is 9.53 Å². The number of nitrogens with two attached hydrogens (primary N) is 1. The first-order valence-electron chi connectivity index (χ1n) is 8.95. The van der Waals surface area contributed by atoms with Crippen LogP contribution in [-0.2, 0) is 11.8 Å². The van der Waals surface area contributed by atoms with E-state index in [1.54, 1.807) is 0 Å². The van der Waals surface area contributed by atoms with E-state index in [1.165, 1.54) is 16.5 Å². The van der Waals surface area contributed by atoms with Crippen molar-refractivity contribution >= 4 is 38.5 Å². The summed E-state index contributed by atoms with van der Waals surface area (Å²) in [5, 5.41) is 7.27. The van der Waals surface area contributed by atoms with Crippen molar-refractivity contribution in [3.8, 4) is 5.75 Å². The minimum absolute atomic E-state index is 0.0256. The van der Waals surface area contributed by atoms with Crippen LogP contribution in [0.1, 0.15) is 5.56 Å². The maximum atomic E-state index is 11.7. The molecule has 6 nitrogen and oxygen atoms in total. The standard InChI is InChI=1S/C21H22N4O2/c1-13-16-5-7-23-11-14(16)9-18-17-10-15(27-12-20(26)24-8-6-22)3-4-19(17)25(2)21(13)18/h3-5,7,9-11H,6,8,12,22H2,1-2H3,(H,24,26). The SMILES string of the molecule is Cc1c2ccncc2cc2c3cc(OCC(=O)NCCN)ccc3n(C)c12. The van der Waals surface area contributed by atoms with Crippen molar-refractivity contribution in [3.63, 3.8) is 0 Å². The average Bonchev–Trinajstić information content (AvgIpc) is 2.97. The van der Waals surface area contributed by atoms with E-state index in [2.05, 4.69) is 41.0 Å². The number of hydrogen-bond acceptors (Lipinski definition) is 4.